The zero-order valence-corrected chi connectivity index (χ0v) is 18.5. The second kappa shape index (κ2) is 9.43. The van der Waals surface area contributed by atoms with Crippen LogP contribution >= 0.6 is 0 Å². The fourth-order valence-corrected chi connectivity index (χ4v) is 3.76. The fraction of sp³-hybridized carbons (Fsp3) is 0.192. The monoisotopic (exact) mass is 464 g/mol. The molecule has 6 nitrogen and oxygen atoms in total. The number of Topliss-reactive ketones (excluding diaryl/α,β-unsaturated/α-hetero) is 1. The van der Waals surface area contributed by atoms with Crippen LogP contribution in [0.4, 0.5) is 14.5 Å². The highest BCUT2D eigenvalue weighted by atomic mass is 19.1. The lowest BCUT2D eigenvalue weighted by molar-refractivity contribution is -0.132. The predicted octanol–water partition coefficient (Wildman–Crippen LogP) is 5.02. The van der Waals surface area contributed by atoms with Gasteiger partial charge < -0.3 is 9.84 Å². The van der Waals surface area contributed by atoms with Crippen molar-refractivity contribution in [1.82, 2.24) is 4.98 Å². The molecule has 1 N–H and O–H groups in total. The maximum atomic E-state index is 14.7. The van der Waals surface area contributed by atoms with Gasteiger partial charge in [0.2, 0.25) is 0 Å². The van der Waals surface area contributed by atoms with Crippen molar-refractivity contribution in [3.05, 3.63) is 95.3 Å². The smallest absolute Gasteiger partial charge is 0.300 e. The average Bonchev–Trinajstić information content (AvgIpc) is 3.10. The van der Waals surface area contributed by atoms with E-state index < -0.39 is 40.8 Å². The van der Waals surface area contributed by atoms with E-state index in [4.69, 9.17) is 4.74 Å². The van der Waals surface area contributed by atoms with Gasteiger partial charge in [0.25, 0.3) is 11.7 Å². The van der Waals surface area contributed by atoms with Gasteiger partial charge in [-0.2, -0.15) is 0 Å². The number of anilines is 1. The minimum atomic E-state index is -1.19. The second-order valence-corrected chi connectivity index (χ2v) is 8.28. The molecule has 8 heteroatoms. The minimum Gasteiger partial charge on any atom is -0.507 e. The van der Waals surface area contributed by atoms with Gasteiger partial charge in [0.15, 0.2) is 0 Å². The Kier molecular flexibility index (Phi) is 6.40. The lowest BCUT2D eigenvalue weighted by Gasteiger charge is -2.25. The van der Waals surface area contributed by atoms with Gasteiger partial charge in [-0.05, 0) is 47.9 Å². The molecular weight excluding hydrogens is 442 g/mol. The van der Waals surface area contributed by atoms with Gasteiger partial charge in [-0.25, -0.2) is 8.78 Å². The molecule has 0 bridgehead atoms. The Hall–Kier alpha value is -4.07. The first-order chi connectivity index (χ1) is 16.3. The summed E-state index contributed by atoms with van der Waals surface area (Å²) >= 11 is 0. The third kappa shape index (κ3) is 4.39. The highest BCUT2D eigenvalue weighted by Gasteiger charge is 2.47. The normalized spacial score (nSPS) is 17.4. The van der Waals surface area contributed by atoms with E-state index in [9.17, 15) is 23.5 Å². The number of carbonyl (C=O) groups excluding carboxylic acids is 2. The molecule has 2 heterocycles. The van der Waals surface area contributed by atoms with Crippen molar-refractivity contribution >= 4 is 23.1 Å². The molecule has 1 amide bonds. The summed E-state index contributed by atoms with van der Waals surface area (Å²) in [5.74, 6) is -3.46. The fourth-order valence-electron chi connectivity index (χ4n) is 3.76. The SMILES string of the molecule is CC(C)COc1cccc(/C(O)=C2\C(=O)C(=O)N(c3cc(F)ccc3F)C2c2ccncc2)c1. The number of benzene rings is 2. The number of halogens is 2. The van der Waals surface area contributed by atoms with Crippen LogP contribution in [-0.4, -0.2) is 28.4 Å². The molecule has 0 radical (unpaired) electrons. The molecule has 0 spiro atoms. The van der Waals surface area contributed by atoms with Gasteiger partial charge in [0.05, 0.1) is 23.9 Å². The van der Waals surface area contributed by atoms with Gasteiger partial charge in [0.1, 0.15) is 23.1 Å². The van der Waals surface area contributed by atoms with Crippen molar-refractivity contribution in [3.63, 3.8) is 0 Å². The molecule has 174 valence electrons. The van der Waals surface area contributed by atoms with E-state index in [1.807, 2.05) is 13.8 Å². The summed E-state index contributed by atoms with van der Waals surface area (Å²) < 4.78 is 34.4. The number of carbonyl (C=O) groups is 2. The van der Waals surface area contributed by atoms with E-state index >= 15 is 0 Å². The molecule has 1 unspecified atom stereocenters. The Balaban J connectivity index is 1.88. The number of hydrogen-bond donors (Lipinski definition) is 1. The topological polar surface area (TPSA) is 79.7 Å². The highest BCUT2D eigenvalue weighted by molar-refractivity contribution is 6.51. The summed E-state index contributed by atoms with van der Waals surface area (Å²) in [5, 5.41) is 11.2. The third-order valence-electron chi connectivity index (χ3n) is 5.32. The van der Waals surface area contributed by atoms with Crippen molar-refractivity contribution in [2.24, 2.45) is 5.92 Å². The summed E-state index contributed by atoms with van der Waals surface area (Å²) in [5.41, 5.74) is -0.0116. The molecule has 1 saturated heterocycles. The number of pyridine rings is 1. The summed E-state index contributed by atoms with van der Waals surface area (Å²) in [6, 6.07) is 11.0. The third-order valence-corrected chi connectivity index (χ3v) is 5.32. The van der Waals surface area contributed by atoms with Crippen LogP contribution in [0.2, 0.25) is 0 Å². The molecule has 0 saturated carbocycles. The van der Waals surface area contributed by atoms with Crippen LogP contribution in [0, 0.1) is 17.6 Å². The Bertz CT molecular complexity index is 1270. The number of hydrogen-bond acceptors (Lipinski definition) is 5. The summed E-state index contributed by atoms with van der Waals surface area (Å²) in [6.45, 7) is 4.43. The van der Waals surface area contributed by atoms with Crippen molar-refractivity contribution in [1.29, 1.82) is 0 Å². The number of amides is 1. The lowest BCUT2D eigenvalue weighted by atomic mass is 9.95. The standard InChI is InChI=1S/C26H22F2N2O4/c1-15(2)14-34-19-5-3-4-17(12-19)24(31)22-23(16-8-10-29-11-9-16)30(26(33)25(22)32)21-13-18(27)6-7-20(21)28/h3-13,15,23,31H,14H2,1-2H3/b24-22+. The number of aromatic nitrogens is 1. The maximum Gasteiger partial charge on any atom is 0.300 e. The molecule has 0 aliphatic carbocycles. The zero-order valence-electron chi connectivity index (χ0n) is 18.5. The minimum absolute atomic E-state index is 0.248. The number of rotatable bonds is 6. The molecule has 2 aromatic carbocycles. The summed E-state index contributed by atoms with van der Waals surface area (Å²) in [6.07, 6.45) is 2.88. The van der Waals surface area contributed by atoms with Gasteiger partial charge in [-0.1, -0.05) is 26.0 Å². The molecule has 1 aliphatic rings. The molecule has 1 atom stereocenters. The molecule has 1 aliphatic heterocycles. The van der Waals surface area contributed by atoms with Crippen LogP contribution in [-0.2, 0) is 9.59 Å². The average molecular weight is 464 g/mol. The molecule has 3 aromatic rings. The molecule has 1 fully saturated rings. The zero-order chi connectivity index (χ0) is 24.4. The number of aliphatic hydroxyl groups is 1. The summed E-state index contributed by atoms with van der Waals surface area (Å²) in [4.78, 5) is 31.0. The van der Waals surface area contributed by atoms with E-state index in [1.165, 1.54) is 24.5 Å². The van der Waals surface area contributed by atoms with E-state index in [0.717, 1.165) is 23.1 Å². The van der Waals surface area contributed by atoms with Crippen molar-refractivity contribution in [2.45, 2.75) is 19.9 Å². The number of ether oxygens (including phenoxy) is 1. The number of aliphatic hydroxyl groups excluding tert-OH is 1. The Labute approximate surface area is 195 Å². The Morgan fingerprint density at radius 2 is 1.82 bits per heavy atom. The van der Waals surface area contributed by atoms with E-state index in [1.54, 1.807) is 24.3 Å². The van der Waals surface area contributed by atoms with Crippen LogP contribution in [0.3, 0.4) is 0 Å². The van der Waals surface area contributed by atoms with E-state index in [-0.39, 0.29) is 17.1 Å². The van der Waals surface area contributed by atoms with Crippen LogP contribution in [0.15, 0.2) is 72.6 Å². The quantitative estimate of drug-likeness (QED) is 0.315. The number of nitrogens with zero attached hydrogens (tertiary/aromatic N) is 2. The van der Waals surface area contributed by atoms with Crippen LogP contribution in [0.25, 0.3) is 5.76 Å². The van der Waals surface area contributed by atoms with E-state index in [0.29, 0.717) is 17.9 Å². The van der Waals surface area contributed by atoms with E-state index in [2.05, 4.69) is 4.98 Å². The summed E-state index contributed by atoms with van der Waals surface area (Å²) in [7, 11) is 0. The van der Waals surface area contributed by atoms with Crippen molar-refractivity contribution in [2.75, 3.05) is 11.5 Å². The van der Waals surface area contributed by atoms with Gasteiger partial charge in [-0.3, -0.25) is 19.5 Å². The van der Waals surface area contributed by atoms with Gasteiger partial charge >= 0.3 is 0 Å². The van der Waals surface area contributed by atoms with Crippen LogP contribution in [0.5, 0.6) is 5.75 Å². The first-order valence-corrected chi connectivity index (χ1v) is 10.7. The lowest BCUT2D eigenvalue weighted by Crippen LogP contribution is -2.30. The van der Waals surface area contributed by atoms with Crippen LogP contribution in [0.1, 0.15) is 31.0 Å². The molecular formula is C26H22F2N2O4. The molecule has 4 rings (SSSR count). The first kappa shape index (κ1) is 23.1. The van der Waals surface area contributed by atoms with Crippen molar-refractivity contribution in [3.8, 4) is 5.75 Å². The Morgan fingerprint density at radius 3 is 2.53 bits per heavy atom. The largest absolute Gasteiger partial charge is 0.507 e. The highest BCUT2D eigenvalue weighted by Crippen LogP contribution is 2.43. The number of ketones is 1. The second-order valence-electron chi connectivity index (χ2n) is 8.28. The first-order valence-electron chi connectivity index (χ1n) is 10.7. The molecule has 1 aromatic heterocycles. The van der Waals surface area contributed by atoms with Crippen molar-refractivity contribution < 1.29 is 28.2 Å². The van der Waals surface area contributed by atoms with Gasteiger partial charge in [-0.15, -0.1) is 0 Å². The van der Waals surface area contributed by atoms with Crippen LogP contribution < -0.4 is 9.64 Å². The maximum absolute atomic E-state index is 14.7. The molecule has 34 heavy (non-hydrogen) atoms. The Morgan fingerprint density at radius 1 is 1.09 bits per heavy atom. The predicted molar refractivity (Wildman–Crippen MR) is 122 cm³/mol. The van der Waals surface area contributed by atoms with Gasteiger partial charge in [0, 0.05) is 24.0 Å².